The van der Waals surface area contributed by atoms with Crippen LogP contribution in [0.5, 0.6) is 0 Å². The summed E-state index contributed by atoms with van der Waals surface area (Å²) in [5, 5.41) is 1.11. The molecule has 3 nitrogen and oxygen atoms in total. The van der Waals surface area contributed by atoms with E-state index in [0.29, 0.717) is 15.7 Å². The van der Waals surface area contributed by atoms with Gasteiger partial charge < -0.3 is 11.5 Å². The molecule has 1 aromatic carbocycles. The van der Waals surface area contributed by atoms with Crippen LogP contribution in [0.2, 0.25) is 10.0 Å². The lowest BCUT2D eigenvalue weighted by atomic mass is 10.1. The van der Waals surface area contributed by atoms with E-state index < -0.39 is 0 Å². The van der Waals surface area contributed by atoms with Crippen molar-refractivity contribution in [1.82, 2.24) is 0 Å². The number of benzene rings is 1. The standard InChI is InChI=1S/C9H11Cl2N3/c1-4-6(10)3-7(11)5(2)8(4)14-9(12)13/h3H,1-2H3,(H4,12,13,14). The third-order valence-corrected chi connectivity index (χ3v) is 2.71. The summed E-state index contributed by atoms with van der Waals surface area (Å²) < 4.78 is 0. The lowest BCUT2D eigenvalue weighted by Crippen LogP contribution is -2.22. The molecule has 0 aliphatic rings. The van der Waals surface area contributed by atoms with Gasteiger partial charge >= 0.3 is 0 Å². The molecule has 1 aromatic rings. The highest BCUT2D eigenvalue weighted by molar-refractivity contribution is 6.36. The predicted molar refractivity (Wildman–Crippen MR) is 61.4 cm³/mol. The molecule has 76 valence electrons. The molecule has 0 aliphatic carbocycles. The quantitative estimate of drug-likeness (QED) is 0.577. The molecule has 0 atom stereocenters. The zero-order valence-corrected chi connectivity index (χ0v) is 9.45. The Balaban J connectivity index is 3.47. The van der Waals surface area contributed by atoms with Gasteiger partial charge in [0.25, 0.3) is 0 Å². The summed E-state index contributed by atoms with van der Waals surface area (Å²) in [4.78, 5) is 3.98. The van der Waals surface area contributed by atoms with Crippen molar-refractivity contribution in [1.29, 1.82) is 0 Å². The number of hydrogen-bond donors (Lipinski definition) is 2. The normalized spacial score (nSPS) is 10.0. The zero-order chi connectivity index (χ0) is 10.9. The van der Waals surface area contributed by atoms with Crippen molar-refractivity contribution in [2.24, 2.45) is 16.5 Å². The maximum absolute atomic E-state index is 5.94. The van der Waals surface area contributed by atoms with E-state index in [4.69, 9.17) is 34.7 Å². The minimum Gasteiger partial charge on any atom is -0.370 e. The molecule has 0 aromatic heterocycles. The predicted octanol–water partition coefficient (Wildman–Crippen LogP) is 2.52. The van der Waals surface area contributed by atoms with Gasteiger partial charge in [0.05, 0.1) is 5.69 Å². The van der Waals surface area contributed by atoms with Crippen LogP contribution in [-0.2, 0) is 0 Å². The fraction of sp³-hybridized carbons (Fsp3) is 0.222. The molecular weight excluding hydrogens is 221 g/mol. The van der Waals surface area contributed by atoms with Gasteiger partial charge in [-0.3, -0.25) is 0 Å². The van der Waals surface area contributed by atoms with Crippen LogP contribution in [0.4, 0.5) is 5.69 Å². The van der Waals surface area contributed by atoms with E-state index >= 15 is 0 Å². The minimum atomic E-state index is -0.00506. The summed E-state index contributed by atoms with van der Waals surface area (Å²) in [7, 11) is 0. The highest BCUT2D eigenvalue weighted by Crippen LogP contribution is 2.34. The summed E-state index contributed by atoms with van der Waals surface area (Å²) in [5.74, 6) is -0.00506. The topological polar surface area (TPSA) is 64.4 Å². The Labute approximate surface area is 92.7 Å². The molecule has 0 fully saturated rings. The third-order valence-electron chi connectivity index (χ3n) is 1.92. The largest absolute Gasteiger partial charge is 0.370 e. The van der Waals surface area contributed by atoms with Gasteiger partial charge in [-0.05, 0) is 31.0 Å². The van der Waals surface area contributed by atoms with Crippen LogP contribution < -0.4 is 11.5 Å². The van der Waals surface area contributed by atoms with Crippen molar-refractivity contribution >= 4 is 34.8 Å². The van der Waals surface area contributed by atoms with Crippen molar-refractivity contribution in [3.05, 3.63) is 27.2 Å². The average Bonchev–Trinajstić information content (AvgIpc) is 2.09. The average molecular weight is 232 g/mol. The van der Waals surface area contributed by atoms with Crippen LogP contribution in [0.15, 0.2) is 11.1 Å². The number of rotatable bonds is 1. The second kappa shape index (κ2) is 4.07. The first-order valence-electron chi connectivity index (χ1n) is 3.98. The number of nitrogens with two attached hydrogens (primary N) is 2. The number of guanidine groups is 1. The van der Waals surface area contributed by atoms with Crippen LogP contribution in [0, 0.1) is 13.8 Å². The van der Waals surface area contributed by atoms with Gasteiger partial charge in [0.15, 0.2) is 5.96 Å². The summed E-state index contributed by atoms with van der Waals surface area (Å²) in [5.41, 5.74) is 12.9. The summed E-state index contributed by atoms with van der Waals surface area (Å²) in [6.07, 6.45) is 0. The fourth-order valence-electron chi connectivity index (χ4n) is 1.13. The van der Waals surface area contributed by atoms with E-state index in [1.807, 2.05) is 13.8 Å². The maximum atomic E-state index is 5.94. The summed E-state index contributed by atoms with van der Waals surface area (Å²) in [6.45, 7) is 3.68. The molecular formula is C9H11Cl2N3. The smallest absolute Gasteiger partial charge is 0.191 e. The molecule has 0 bridgehead atoms. The van der Waals surface area contributed by atoms with E-state index in [2.05, 4.69) is 4.99 Å². The first kappa shape index (κ1) is 11.1. The van der Waals surface area contributed by atoms with Gasteiger partial charge in [-0.15, -0.1) is 0 Å². The maximum Gasteiger partial charge on any atom is 0.191 e. The Kier molecular flexibility index (Phi) is 3.24. The van der Waals surface area contributed by atoms with Crippen molar-refractivity contribution in [3.8, 4) is 0 Å². The monoisotopic (exact) mass is 231 g/mol. The Morgan fingerprint density at radius 1 is 1.14 bits per heavy atom. The van der Waals surface area contributed by atoms with E-state index in [0.717, 1.165) is 11.1 Å². The molecule has 4 N–H and O–H groups in total. The Morgan fingerprint density at radius 2 is 1.57 bits per heavy atom. The van der Waals surface area contributed by atoms with Gasteiger partial charge in [-0.25, -0.2) is 4.99 Å². The third kappa shape index (κ3) is 2.11. The van der Waals surface area contributed by atoms with Crippen molar-refractivity contribution in [2.45, 2.75) is 13.8 Å². The Morgan fingerprint density at radius 3 is 1.93 bits per heavy atom. The Hall–Kier alpha value is -0.930. The second-order valence-corrected chi connectivity index (χ2v) is 3.79. The van der Waals surface area contributed by atoms with E-state index in [1.54, 1.807) is 6.07 Å². The molecule has 0 saturated heterocycles. The summed E-state index contributed by atoms with van der Waals surface area (Å²) >= 11 is 11.9. The molecule has 14 heavy (non-hydrogen) atoms. The lowest BCUT2D eigenvalue weighted by molar-refractivity contribution is 1.30. The molecule has 0 saturated carbocycles. The number of aliphatic imine (C=N–C) groups is 1. The van der Waals surface area contributed by atoms with E-state index in [-0.39, 0.29) is 5.96 Å². The molecule has 0 spiro atoms. The zero-order valence-electron chi connectivity index (χ0n) is 7.94. The van der Waals surface area contributed by atoms with Gasteiger partial charge in [0.2, 0.25) is 0 Å². The van der Waals surface area contributed by atoms with Crippen molar-refractivity contribution < 1.29 is 0 Å². The molecule has 0 aliphatic heterocycles. The summed E-state index contributed by atoms with van der Waals surface area (Å²) in [6, 6.07) is 1.68. The molecule has 0 heterocycles. The Bertz CT molecular complexity index is 369. The van der Waals surface area contributed by atoms with Crippen LogP contribution in [0.1, 0.15) is 11.1 Å². The highest BCUT2D eigenvalue weighted by atomic mass is 35.5. The van der Waals surface area contributed by atoms with Gasteiger partial charge in [-0.1, -0.05) is 23.2 Å². The second-order valence-electron chi connectivity index (χ2n) is 2.98. The molecule has 1 rings (SSSR count). The number of nitrogens with zero attached hydrogens (tertiary/aromatic N) is 1. The molecule has 0 radical (unpaired) electrons. The fourth-order valence-corrected chi connectivity index (χ4v) is 1.59. The molecule has 0 amide bonds. The van der Waals surface area contributed by atoms with Crippen LogP contribution in [0.3, 0.4) is 0 Å². The molecule has 5 heteroatoms. The van der Waals surface area contributed by atoms with Crippen LogP contribution in [0.25, 0.3) is 0 Å². The molecule has 0 unspecified atom stereocenters. The highest BCUT2D eigenvalue weighted by Gasteiger charge is 2.09. The number of halogens is 2. The van der Waals surface area contributed by atoms with Gasteiger partial charge in [0, 0.05) is 10.0 Å². The van der Waals surface area contributed by atoms with Gasteiger partial charge in [0.1, 0.15) is 0 Å². The van der Waals surface area contributed by atoms with Crippen LogP contribution >= 0.6 is 23.2 Å². The van der Waals surface area contributed by atoms with Crippen molar-refractivity contribution in [2.75, 3.05) is 0 Å². The van der Waals surface area contributed by atoms with E-state index in [1.165, 1.54) is 0 Å². The number of hydrogen-bond acceptors (Lipinski definition) is 1. The first-order valence-corrected chi connectivity index (χ1v) is 4.74. The lowest BCUT2D eigenvalue weighted by Gasteiger charge is -2.08. The van der Waals surface area contributed by atoms with Crippen molar-refractivity contribution in [3.63, 3.8) is 0 Å². The van der Waals surface area contributed by atoms with E-state index in [9.17, 15) is 0 Å². The van der Waals surface area contributed by atoms with Crippen LogP contribution in [-0.4, -0.2) is 5.96 Å². The SMILES string of the molecule is Cc1c(Cl)cc(Cl)c(C)c1N=C(N)N. The first-order chi connectivity index (χ1) is 6.43. The minimum absolute atomic E-state index is 0.00506. The van der Waals surface area contributed by atoms with Gasteiger partial charge in [-0.2, -0.15) is 0 Å².